The molecular formula is C13H8Cl3N3OS. The molecule has 0 saturated carbocycles. The Morgan fingerprint density at radius 3 is 2.81 bits per heavy atom. The molecule has 8 heteroatoms. The first kappa shape index (κ1) is 14.7. The third-order valence-electron chi connectivity index (χ3n) is 2.80. The van der Waals surface area contributed by atoms with E-state index in [-0.39, 0.29) is 5.91 Å². The maximum Gasteiger partial charge on any atom is 0.254 e. The van der Waals surface area contributed by atoms with Crippen LogP contribution in [0.15, 0.2) is 30.6 Å². The predicted octanol–water partition coefficient (Wildman–Crippen LogP) is 4.29. The summed E-state index contributed by atoms with van der Waals surface area (Å²) in [5.41, 5.74) is 1.86. The number of fused-ring (bicyclic) bond motifs is 1. The highest BCUT2D eigenvalue weighted by atomic mass is 35.5. The highest BCUT2D eigenvalue weighted by Gasteiger charge is 2.14. The van der Waals surface area contributed by atoms with Crippen LogP contribution in [-0.2, 0) is 6.54 Å². The van der Waals surface area contributed by atoms with Gasteiger partial charge in [0, 0.05) is 12.4 Å². The Hall–Kier alpha value is -1.27. The molecule has 3 aromatic heterocycles. The van der Waals surface area contributed by atoms with Gasteiger partial charge in [0.1, 0.15) is 9.98 Å². The van der Waals surface area contributed by atoms with Crippen molar-refractivity contribution in [3.8, 4) is 0 Å². The van der Waals surface area contributed by atoms with Crippen molar-refractivity contribution >= 4 is 57.7 Å². The Labute approximate surface area is 139 Å². The molecule has 0 bridgehead atoms. The summed E-state index contributed by atoms with van der Waals surface area (Å²) in [6.07, 6.45) is 3.56. The molecule has 3 heterocycles. The largest absolute Gasteiger partial charge is 0.346 e. The summed E-state index contributed by atoms with van der Waals surface area (Å²) in [5, 5.41) is 3.38. The molecule has 4 nitrogen and oxygen atoms in total. The summed E-state index contributed by atoms with van der Waals surface area (Å²) in [6.45, 7) is 0.294. The van der Waals surface area contributed by atoms with E-state index in [4.69, 9.17) is 34.8 Å². The van der Waals surface area contributed by atoms with E-state index in [9.17, 15) is 4.79 Å². The topological polar surface area (TPSA) is 46.4 Å². The zero-order valence-electron chi connectivity index (χ0n) is 10.4. The minimum Gasteiger partial charge on any atom is -0.346 e. The second-order valence-electron chi connectivity index (χ2n) is 4.27. The van der Waals surface area contributed by atoms with Crippen molar-refractivity contribution < 1.29 is 4.79 Å². The van der Waals surface area contributed by atoms with Crippen molar-refractivity contribution in [3.63, 3.8) is 0 Å². The zero-order valence-corrected chi connectivity index (χ0v) is 13.5. The van der Waals surface area contributed by atoms with E-state index in [1.54, 1.807) is 22.7 Å². The molecule has 0 saturated heterocycles. The lowest BCUT2D eigenvalue weighted by atomic mass is 10.3. The first-order valence-electron chi connectivity index (χ1n) is 5.89. The predicted molar refractivity (Wildman–Crippen MR) is 85.7 cm³/mol. The molecule has 0 aromatic carbocycles. The monoisotopic (exact) mass is 359 g/mol. The Morgan fingerprint density at radius 1 is 1.29 bits per heavy atom. The number of pyridine rings is 1. The van der Waals surface area contributed by atoms with Crippen molar-refractivity contribution in [1.29, 1.82) is 0 Å². The van der Waals surface area contributed by atoms with Gasteiger partial charge in [0.2, 0.25) is 0 Å². The van der Waals surface area contributed by atoms with Gasteiger partial charge in [-0.3, -0.25) is 4.79 Å². The van der Waals surface area contributed by atoms with Gasteiger partial charge in [-0.25, -0.2) is 4.98 Å². The summed E-state index contributed by atoms with van der Waals surface area (Å²) >= 11 is 18.8. The second kappa shape index (κ2) is 5.85. The van der Waals surface area contributed by atoms with Gasteiger partial charge in [0.05, 0.1) is 27.2 Å². The Kier molecular flexibility index (Phi) is 4.08. The van der Waals surface area contributed by atoms with Crippen molar-refractivity contribution in [2.75, 3.05) is 0 Å². The van der Waals surface area contributed by atoms with Crippen molar-refractivity contribution in [2.45, 2.75) is 6.54 Å². The van der Waals surface area contributed by atoms with Crippen LogP contribution >= 0.6 is 46.1 Å². The van der Waals surface area contributed by atoms with E-state index in [2.05, 4.69) is 10.3 Å². The van der Waals surface area contributed by atoms with Gasteiger partial charge in [-0.15, -0.1) is 11.3 Å². The molecule has 0 atom stereocenters. The smallest absolute Gasteiger partial charge is 0.254 e. The third kappa shape index (κ3) is 3.16. The maximum atomic E-state index is 12.0. The van der Waals surface area contributed by atoms with Crippen LogP contribution in [0.2, 0.25) is 13.7 Å². The summed E-state index contributed by atoms with van der Waals surface area (Å²) in [6, 6.07) is 5.12. The fourth-order valence-electron chi connectivity index (χ4n) is 1.86. The summed E-state index contributed by atoms with van der Waals surface area (Å²) in [4.78, 5) is 16.4. The van der Waals surface area contributed by atoms with Gasteiger partial charge in [0.15, 0.2) is 0 Å². The van der Waals surface area contributed by atoms with Gasteiger partial charge in [-0.2, -0.15) is 0 Å². The van der Waals surface area contributed by atoms with Crippen LogP contribution < -0.4 is 5.32 Å². The standard InChI is InChI=1S/C13H8Cl3N3OS/c14-7-1-2-11-18-8(6-19(11)5-7)4-17-13(20)9-3-10(15)21-12(9)16/h1-3,5-6H,4H2,(H,17,20). The minimum atomic E-state index is -0.279. The maximum absolute atomic E-state index is 12.0. The van der Waals surface area contributed by atoms with Crippen LogP contribution in [0.1, 0.15) is 16.1 Å². The normalized spacial score (nSPS) is 11.0. The number of halogens is 3. The Balaban J connectivity index is 1.74. The number of imidazole rings is 1. The van der Waals surface area contributed by atoms with E-state index in [1.165, 1.54) is 0 Å². The number of hydrogen-bond donors (Lipinski definition) is 1. The first-order chi connectivity index (χ1) is 10.0. The van der Waals surface area contributed by atoms with Gasteiger partial charge in [-0.1, -0.05) is 34.8 Å². The van der Waals surface area contributed by atoms with Crippen molar-refractivity contribution in [1.82, 2.24) is 14.7 Å². The molecule has 0 unspecified atom stereocenters. The van der Waals surface area contributed by atoms with Crippen LogP contribution in [-0.4, -0.2) is 15.3 Å². The average molecular weight is 361 g/mol. The Morgan fingerprint density at radius 2 is 2.10 bits per heavy atom. The highest BCUT2D eigenvalue weighted by Crippen LogP contribution is 2.31. The molecule has 1 N–H and O–H groups in total. The van der Waals surface area contributed by atoms with Gasteiger partial charge >= 0.3 is 0 Å². The van der Waals surface area contributed by atoms with E-state index in [0.29, 0.717) is 25.8 Å². The van der Waals surface area contributed by atoms with Crippen molar-refractivity contribution in [3.05, 3.63) is 55.5 Å². The number of aromatic nitrogens is 2. The summed E-state index contributed by atoms with van der Waals surface area (Å²) in [5.74, 6) is -0.279. The number of nitrogens with one attached hydrogen (secondary N) is 1. The average Bonchev–Trinajstić information content (AvgIpc) is 2.98. The molecule has 0 aliphatic heterocycles. The SMILES string of the molecule is O=C(NCc1cn2cc(Cl)ccc2n1)c1cc(Cl)sc1Cl. The van der Waals surface area contributed by atoms with Crippen LogP contribution in [0.3, 0.4) is 0 Å². The molecule has 0 spiro atoms. The van der Waals surface area contributed by atoms with Crippen LogP contribution in [0.5, 0.6) is 0 Å². The molecule has 21 heavy (non-hydrogen) atoms. The molecule has 0 radical (unpaired) electrons. The molecule has 1 amide bonds. The van der Waals surface area contributed by atoms with E-state index in [0.717, 1.165) is 22.7 Å². The quantitative estimate of drug-likeness (QED) is 0.757. The van der Waals surface area contributed by atoms with E-state index >= 15 is 0 Å². The number of carbonyl (C=O) groups excluding carboxylic acids is 1. The lowest BCUT2D eigenvalue weighted by Crippen LogP contribution is -2.22. The van der Waals surface area contributed by atoms with Gasteiger partial charge < -0.3 is 9.72 Å². The van der Waals surface area contributed by atoms with E-state index < -0.39 is 0 Å². The second-order valence-corrected chi connectivity index (χ2v) is 6.99. The minimum absolute atomic E-state index is 0.279. The van der Waals surface area contributed by atoms with Crippen molar-refractivity contribution in [2.24, 2.45) is 0 Å². The molecule has 0 aliphatic rings. The molecular weight excluding hydrogens is 353 g/mol. The van der Waals surface area contributed by atoms with Gasteiger partial charge in [0.25, 0.3) is 5.91 Å². The number of hydrogen-bond acceptors (Lipinski definition) is 3. The number of amides is 1. The zero-order chi connectivity index (χ0) is 15.0. The molecule has 3 aromatic rings. The number of thiophene rings is 1. The van der Waals surface area contributed by atoms with Crippen LogP contribution in [0.4, 0.5) is 0 Å². The van der Waals surface area contributed by atoms with Crippen LogP contribution in [0, 0.1) is 0 Å². The lowest BCUT2D eigenvalue weighted by Gasteiger charge is -2.01. The number of carbonyl (C=O) groups is 1. The van der Waals surface area contributed by atoms with Crippen LogP contribution in [0.25, 0.3) is 5.65 Å². The fraction of sp³-hybridized carbons (Fsp3) is 0.0769. The number of rotatable bonds is 3. The molecule has 108 valence electrons. The third-order valence-corrected chi connectivity index (χ3v) is 4.51. The van der Waals surface area contributed by atoms with Gasteiger partial charge in [-0.05, 0) is 18.2 Å². The summed E-state index contributed by atoms with van der Waals surface area (Å²) in [7, 11) is 0. The first-order valence-corrected chi connectivity index (χ1v) is 7.84. The molecule has 0 aliphatic carbocycles. The van der Waals surface area contributed by atoms with E-state index in [1.807, 2.05) is 12.3 Å². The molecule has 0 fully saturated rings. The highest BCUT2D eigenvalue weighted by molar-refractivity contribution is 7.20. The fourth-order valence-corrected chi connectivity index (χ4v) is 3.49. The summed E-state index contributed by atoms with van der Waals surface area (Å²) < 4.78 is 2.66. The Bertz CT molecular complexity index is 827. The number of nitrogens with zero attached hydrogens (tertiary/aromatic N) is 2. The lowest BCUT2D eigenvalue weighted by molar-refractivity contribution is 0.0951. The molecule has 3 rings (SSSR count).